The van der Waals surface area contributed by atoms with Gasteiger partial charge in [-0.15, -0.1) is 0 Å². The monoisotopic (exact) mass is 277 g/mol. The number of hydrogen-bond acceptors (Lipinski definition) is 2. The summed E-state index contributed by atoms with van der Waals surface area (Å²) in [5.41, 5.74) is 6.59. The van der Waals surface area contributed by atoms with E-state index in [1.807, 2.05) is 0 Å². The first kappa shape index (κ1) is 12.5. The minimum Gasteiger partial charge on any atom is -0.399 e. The topological polar surface area (TPSA) is 43.8 Å². The van der Waals surface area contributed by atoms with Crippen molar-refractivity contribution in [2.24, 2.45) is 0 Å². The zero-order valence-corrected chi connectivity index (χ0v) is 10.2. The Morgan fingerprint density at radius 2 is 1.85 bits per heavy atom. The molecule has 0 fully saturated rings. The first-order valence-corrected chi connectivity index (χ1v) is 5.85. The van der Waals surface area contributed by atoms with Gasteiger partial charge >= 0.3 is 6.18 Å². The van der Waals surface area contributed by atoms with Gasteiger partial charge in [-0.05, 0) is 36.4 Å². The van der Waals surface area contributed by atoms with Crippen molar-refractivity contribution in [1.29, 1.82) is 0 Å². The van der Waals surface area contributed by atoms with E-state index in [1.165, 1.54) is 6.07 Å². The zero-order chi connectivity index (χ0) is 14.3. The molecule has 2 heterocycles. The number of aromatic nitrogens is 2. The maximum Gasteiger partial charge on any atom is 0.433 e. The number of pyridine rings is 1. The van der Waals surface area contributed by atoms with Crippen molar-refractivity contribution < 1.29 is 13.2 Å². The van der Waals surface area contributed by atoms with E-state index in [-0.39, 0.29) is 0 Å². The molecule has 3 nitrogen and oxygen atoms in total. The van der Waals surface area contributed by atoms with Crippen molar-refractivity contribution in [2.75, 3.05) is 5.73 Å². The van der Waals surface area contributed by atoms with Crippen LogP contribution in [0.2, 0.25) is 0 Å². The van der Waals surface area contributed by atoms with Crippen LogP contribution in [0.4, 0.5) is 18.9 Å². The molecule has 2 N–H and O–H groups in total. The lowest BCUT2D eigenvalue weighted by molar-refractivity contribution is -0.141. The largest absolute Gasteiger partial charge is 0.433 e. The van der Waals surface area contributed by atoms with Gasteiger partial charge in [-0.2, -0.15) is 13.2 Å². The molecule has 0 spiro atoms. The summed E-state index contributed by atoms with van der Waals surface area (Å²) in [6.45, 7) is 0. The summed E-state index contributed by atoms with van der Waals surface area (Å²) in [7, 11) is 0. The van der Waals surface area contributed by atoms with Gasteiger partial charge in [-0.3, -0.25) is 4.98 Å². The van der Waals surface area contributed by atoms with Crippen LogP contribution in [0.3, 0.4) is 0 Å². The first-order chi connectivity index (χ1) is 9.45. The molecule has 3 aromatic rings. The second-order valence-corrected chi connectivity index (χ2v) is 4.40. The van der Waals surface area contributed by atoms with Crippen LogP contribution >= 0.6 is 0 Å². The molecule has 0 aliphatic rings. The van der Waals surface area contributed by atoms with Gasteiger partial charge in [0.15, 0.2) is 0 Å². The Bertz CT molecular complexity index is 775. The number of alkyl halides is 3. The predicted octanol–water partition coefficient (Wildman–Crippen LogP) is 3.63. The summed E-state index contributed by atoms with van der Waals surface area (Å²) in [6, 6.07) is 9.63. The number of nitrogen functional groups attached to an aromatic ring is 1. The van der Waals surface area contributed by atoms with E-state index in [0.717, 1.165) is 23.2 Å². The smallest absolute Gasteiger partial charge is 0.399 e. The van der Waals surface area contributed by atoms with Crippen LogP contribution in [0.1, 0.15) is 5.69 Å². The summed E-state index contributed by atoms with van der Waals surface area (Å²) in [6.07, 6.45) is -1.59. The van der Waals surface area contributed by atoms with Crippen molar-refractivity contribution in [3.8, 4) is 5.69 Å². The Morgan fingerprint density at radius 3 is 2.60 bits per heavy atom. The molecule has 0 atom stereocenters. The predicted molar refractivity (Wildman–Crippen MR) is 70.5 cm³/mol. The summed E-state index contributed by atoms with van der Waals surface area (Å²) in [4.78, 5) is 3.36. The van der Waals surface area contributed by atoms with Crippen LogP contribution < -0.4 is 5.73 Å². The van der Waals surface area contributed by atoms with Crippen LogP contribution in [0.25, 0.3) is 16.6 Å². The standard InChI is InChI=1S/C14H10F3N3/c15-14(16,17)13-8-11(3-5-19-13)20-6-4-9-7-10(18)1-2-12(9)20/h1-8H,18H2. The fraction of sp³-hybridized carbons (Fsp3) is 0.0714. The van der Waals surface area contributed by atoms with Gasteiger partial charge < -0.3 is 10.3 Å². The molecule has 0 saturated heterocycles. The molecule has 6 heteroatoms. The summed E-state index contributed by atoms with van der Waals surface area (Å²) in [5, 5.41) is 0.871. The fourth-order valence-electron chi connectivity index (χ4n) is 2.11. The molecule has 0 amide bonds. The van der Waals surface area contributed by atoms with Crippen molar-refractivity contribution >= 4 is 16.6 Å². The second kappa shape index (κ2) is 4.26. The van der Waals surface area contributed by atoms with Gasteiger partial charge in [0.25, 0.3) is 0 Å². The number of nitrogens with two attached hydrogens (primary N) is 1. The third kappa shape index (κ3) is 2.09. The van der Waals surface area contributed by atoms with E-state index in [4.69, 9.17) is 5.73 Å². The van der Waals surface area contributed by atoms with Gasteiger partial charge in [0.1, 0.15) is 5.69 Å². The van der Waals surface area contributed by atoms with Crippen LogP contribution in [0, 0.1) is 0 Å². The fourth-order valence-corrected chi connectivity index (χ4v) is 2.11. The number of halogens is 3. The molecule has 0 aliphatic carbocycles. The van der Waals surface area contributed by atoms with E-state index in [9.17, 15) is 13.2 Å². The number of anilines is 1. The average molecular weight is 277 g/mol. The third-order valence-electron chi connectivity index (χ3n) is 3.03. The lowest BCUT2D eigenvalue weighted by atomic mass is 10.2. The molecule has 1 aromatic carbocycles. The lowest BCUT2D eigenvalue weighted by Crippen LogP contribution is -2.08. The minimum absolute atomic E-state index is 0.409. The SMILES string of the molecule is Nc1ccc2c(ccn2-c2ccnc(C(F)(F)F)c2)c1. The maximum atomic E-state index is 12.7. The maximum absolute atomic E-state index is 12.7. The summed E-state index contributed by atoms with van der Waals surface area (Å²) >= 11 is 0. The Hall–Kier alpha value is -2.50. The van der Waals surface area contributed by atoms with E-state index in [2.05, 4.69) is 4.98 Å². The molecule has 0 aliphatic heterocycles. The molecule has 0 unspecified atom stereocenters. The van der Waals surface area contributed by atoms with Crippen LogP contribution in [-0.2, 0) is 6.18 Å². The lowest BCUT2D eigenvalue weighted by Gasteiger charge is -2.09. The van der Waals surface area contributed by atoms with Gasteiger partial charge in [0, 0.05) is 29.2 Å². The average Bonchev–Trinajstić information content (AvgIpc) is 2.80. The Kier molecular flexibility index (Phi) is 2.67. The summed E-state index contributed by atoms with van der Waals surface area (Å²) < 4.78 is 39.7. The minimum atomic E-state index is -4.45. The zero-order valence-electron chi connectivity index (χ0n) is 10.2. The molecule has 102 valence electrons. The quantitative estimate of drug-likeness (QED) is 0.690. The van der Waals surface area contributed by atoms with Gasteiger partial charge in [0.05, 0.1) is 5.52 Å². The van der Waals surface area contributed by atoms with Gasteiger partial charge in [0.2, 0.25) is 0 Å². The second-order valence-electron chi connectivity index (χ2n) is 4.40. The molecule has 3 rings (SSSR count). The van der Waals surface area contributed by atoms with Crippen LogP contribution in [0.5, 0.6) is 0 Å². The highest BCUT2D eigenvalue weighted by Gasteiger charge is 2.32. The third-order valence-corrected chi connectivity index (χ3v) is 3.03. The van der Waals surface area contributed by atoms with Crippen LogP contribution in [-0.4, -0.2) is 9.55 Å². The van der Waals surface area contributed by atoms with E-state index >= 15 is 0 Å². The number of fused-ring (bicyclic) bond motifs is 1. The van der Waals surface area contributed by atoms with Crippen molar-refractivity contribution in [3.05, 3.63) is 54.5 Å². The Balaban J connectivity index is 2.16. The van der Waals surface area contributed by atoms with E-state index in [0.29, 0.717) is 11.4 Å². The highest BCUT2D eigenvalue weighted by Crippen LogP contribution is 2.29. The highest BCUT2D eigenvalue weighted by molar-refractivity contribution is 5.84. The molecule has 2 aromatic heterocycles. The molecule has 0 saturated carbocycles. The number of benzene rings is 1. The molecule has 20 heavy (non-hydrogen) atoms. The number of rotatable bonds is 1. The van der Waals surface area contributed by atoms with Gasteiger partial charge in [-0.1, -0.05) is 0 Å². The Morgan fingerprint density at radius 1 is 1.05 bits per heavy atom. The van der Waals surface area contributed by atoms with Gasteiger partial charge in [-0.25, -0.2) is 0 Å². The normalized spacial score (nSPS) is 11.9. The molecular formula is C14H10F3N3. The summed E-state index contributed by atoms with van der Waals surface area (Å²) in [5.74, 6) is 0. The van der Waals surface area contributed by atoms with Crippen molar-refractivity contribution in [2.45, 2.75) is 6.18 Å². The molecule has 0 bridgehead atoms. The van der Waals surface area contributed by atoms with E-state index in [1.54, 1.807) is 35.0 Å². The number of nitrogens with zero attached hydrogens (tertiary/aromatic N) is 2. The Labute approximate surface area is 112 Å². The van der Waals surface area contributed by atoms with Crippen molar-refractivity contribution in [1.82, 2.24) is 9.55 Å². The van der Waals surface area contributed by atoms with Crippen LogP contribution in [0.15, 0.2) is 48.8 Å². The van der Waals surface area contributed by atoms with Crippen molar-refractivity contribution in [3.63, 3.8) is 0 Å². The molecular weight excluding hydrogens is 267 g/mol. The first-order valence-electron chi connectivity index (χ1n) is 5.85. The van der Waals surface area contributed by atoms with E-state index < -0.39 is 11.9 Å². The number of hydrogen-bond donors (Lipinski definition) is 1. The molecule has 0 radical (unpaired) electrons. The highest BCUT2D eigenvalue weighted by atomic mass is 19.4.